The van der Waals surface area contributed by atoms with Gasteiger partial charge in [0.05, 0.1) is 0 Å². The molecule has 1 aromatic carbocycles. The van der Waals surface area contributed by atoms with Crippen LogP contribution in [0.3, 0.4) is 0 Å². The van der Waals surface area contributed by atoms with Gasteiger partial charge in [0.15, 0.2) is 0 Å². The molecule has 2 unspecified atom stereocenters. The molecule has 0 saturated heterocycles. The highest BCUT2D eigenvalue weighted by molar-refractivity contribution is 9.10. The lowest BCUT2D eigenvalue weighted by Gasteiger charge is -2.13. The SMILES string of the molecule is CCSC1CCC(NC(=O)c2ccc(Br)cc2)C1. The van der Waals surface area contributed by atoms with E-state index in [-0.39, 0.29) is 5.91 Å². The van der Waals surface area contributed by atoms with Crippen LogP contribution in [0.25, 0.3) is 0 Å². The molecule has 1 aromatic rings. The molecule has 2 atom stereocenters. The molecule has 1 aliphatic carbocycles. The predicted octanol–water partition coefficient (Wildman–Crippen LogP) is 3.85. The Morgan fingerprint density at radius 2 is 2.11 bits per heavy atom. The van der Waals surface area contributed by atoms with Gasteiger partial charge in [0.1, 0.15) is 0 Å². The molecule has 0 bridgehead atoms. The fraction of sp³-hybridized carbons (Fsp3) is 0.500. The average Bonchev–Trinajstić information content (AvgIpc) is 2.78. The quantitative estimate of drug-likeness (QED) is 0.909. The maximum atomic E-state index is 12.0. The van der Waals surface area contributed by atoms with Crippen LogP contribution in [0.4, 0.5) is 0 Å². The van der Waals surface area contributed by atoms with Gasteiger partial charge in [0.2, 0.25) is 0 Å². The Kier molecular flexibility index (Phi) is 5.13. The molecule has 18 heavy (non-hydrogen) atoms. The minimum absolute atomic E-state index is 0.0506. The number of hydrogen-bond donors (Lipinski definition) is 1. The molecule has 1 saturated carbocycles. The van der Waals surface area contributed by atoms with Crippen LogP contribution >= 0.6 is 27.7 Å². The second-order valence-electron chi connectivity index (χ2n) is 4.57. The second-order valence-corrected chi connectivity index (χ2v) is 7.06. The van der Waals surface area contributed by atoms with Crippen LogP contribution in [0.2, 0.25) is 0 Å². The van der Waals surface area contributed by atoms with Crippen LogP contribution in [0.5, 0.6) is 0 Å². The molecule has 1 fully saturated rings. The fourth-order valence-corrected chi connectivity index (χ4v) is 3.74. The number of nitrogens with one attached hydrogen (secondary N) is 1. The lowest BCUT2D eigenvalue weighted by Crippen LogP contribution is -2.33. The van der Waals surface area contributed by atoms with Crippen molar-refractivity contribution in [1.29, 1.82) is 0 Å². The van der Waals surface area contributed by atoms with Gasteiger partial charge in [-0.15, -0.1) is 0 Å². The Morgan fingerprint density at radius 3 is 2.78 bits per heavy atom. The maximum absolute atomic E-state index is 12.0. The van der Waals surface area contributed by atoms with Crippen LogP contribution in [0, 0.1) is 0 Å². The molecule has 2 rings (SSSR count). The summed E-state index contributed by atoms with van der Waals surface area (Å²) in [5, 5.41) is 3.86. The summed E-state index contributed by atoms with van der Waals surface area (Å²) >= 11 is 5.38. The van der Waals surface area contributed by atoms with Gasteiger partial charge in [-0.1, -0.05) is 22.9 Å². The van der Waals surface area contributed by atoms with Crippen molar-refractivity contribution in [1.82, 2.24) is 5.32 Å². The van der Waals surface area contributed by atoms with E-state index in [1.807, 2.05) is 36.0 Å². The lowest BCUT2D eigenvalue weighted by atomic mass is 10.2. The second kappa shape index (κ2) is 6.62. The third-order valence-corrected chi connectivity index (χ3v) is 4.99. The molecular weight excluding hydrogens is 310 g/mol. The van der Waals surface area contributed by atoms with E-state index in [9.17, 15) is 4.79 Å². The predicted molar refractivity (Wildman–Crippen MR) is 81.2 cm³/mol. The van der Waals surface area contributed by atoms with E-state index >= 15 is 0 Å². The first-order valence-corrected chi connectivity index (χ1v) is 8.21. The monoisotopic (exact) mass is 327 g/mol. The average molecular weight is 328 g/mol. The number of carbonyl (C=O) groups is 1. The van der Waals surface area contributed by atoms with Crippen molar-refractivity contribution in [2.45, 2.75) is 37.5 Å². The van der Waals surface area contributed by atoms with Gasteiger partial charge in [0, 0.05) is 21.3 Å². The van der Waals surface area contributed by atoms with E-state index in [1.165, 1.54) is 6.42 Å². The molecule has 1 aliphatic rings. The normalized spacial score (nSPS) is 23.0. The van der Waals surface area contributed by atoms with Gasteiger partial charge in [-0.2, -0.15) is 11.8 Å². The topological polar surface area (TPSA) is 29.1 Å². The van der Waals surface area contributed by atoms with Gasteiger partial charge >= 0.3 is 0 Å². The Labute approximate surface area is 121 Å². The van der Waals surface area contributed by atoms with E-state index in [0.717, 1.165) is 33.9 Å². The van der Waals surface area contributed by atoms with Crippen molar-refractivity contribution in [2.75, 3.05) is 5.75 Å². The van der Waals surface area contributed by atoms with Gasteiger partial charge in [-0.3, -0.25) is 4.79 Å². The molecule has 0 aliphatic heterocycles. The summed E-state index contributed by atoms with van der Waals surface area (Å²) in [4.78, 5) is 12.0. The number of halogens is 1. The lowest BCUT2D eigenvalue weighted by molar-refractivity contribution is 0.0938. The number of benzene rings is 1. The molecule has 0 heterocycles. The summed E-state index contributed by atoms with van der Waals surface area (Å²) in [5.41, 5.74) is 0.741. The highest BCUT2D eigenvalue weighted by atomic mass is 79.9. The van der Waals surface area contributed by atoms with Gasteiger partial charge < -0.3 is 5.32 Å². The van der Waals surface area contributed by atoms with Crippen LogP contribution < -0.4 is 5.32 Å². The van der Waals surface area contributed by atoms with Crippen molar-refractivity contribution < 1.29 is 4.79 Å². The summed E-state index contributed by atoms with van der Waals surface area (Å²) in [6.07, 6.45) is 3.45. The minimum Gasteiger partial charge on any atom is -0.349 e. The van der Waals surface area contributed by atoms with E-state index in [0.29, 0.717) is 6.04 Å². The van der Waals surface area contributed by atoms with E-state index in [4.69, 9.17) is 0 Å². The Balaban J connectivity index is 1.87. The zero-order valence-electron chi connectivity index (χ0n) is 10.5. The molecule has 4 heteroatoms. The number of amides is 1. The first-order chi connectivity index (χ1) is 8.69. The summed E-state index contributed by atoms with van der Waals surface area (Å²) in [6.45, 7) is 2.19. The minimum atomic E-state index is 0.0506. The fourth-order valence-electron chi connectivity index (χ4n) is 2.33. The summed E-state index contributed by atoms with van der Waals surface area (Å²) in [6, 6.07) is 7.86. The van der Waals surface area contributed by atoms with Gasteiger partial charge in [0.25, 0.3) is 5.91 Å². The molecule has 1 N–H and O–H groups in total. The number of carbonyl (C=O) groups excluding carboxylic acids is 1. The van der Waals surface area contributed by atoms with Gasteiger partial charge in [-0.05, 0) is 49.3 Å². The van der Waals surface area contributed by atoms with Crippen molar-refractivity contribution in [3.63, 3.8) is 0 Å². The molecule has 1 amide bonds. The number of thioether (sulfide) groups is 1. The largest absolute Gasteiger partial charge is 0.349 e. The summed E-state index contributed by atoms with van der Waals surface area (Å²) in [7, 11) is 0. The maximum Gasteiger partial charge on any atom is 0.251 e. The molecule has 0 radical (unpaired) electrons. The Morgan fingerprint density at radius 1 is 1.39 bits per heavy atom. The van der Waals surface area contributed by atoms with Crippen LogP contribution in [0.1, 0.15) is 36.5 Å². The number of rotatable bonds is 4. The Bertz CT molecular complexity index is 407. The number of hydrogen-bond acceptors (Lipinski definition) is 2. The third-order valence-electron chi connectivity index (χ3n) is 3.23. The zero-order valence-corrected chi connectivity index (χ0v) is 12.9. The highest BCUT2D eigenvalue weighted by Gasteiger charge is 2.25. The first kappa shape index (κ1) is 13.9. The molecule has 98 valence electrons. The molecule has 2 nitrogen and oxygen atoms in total. The van der Waals surface area contributed by atoms with Crippen LogP contribution in [-0.4, -0.2) is 23.0 Å². The molecule has 0 spiro atoms. The van der Waals surface area contributed by atoms with Crippen LogP contribution in [-0.2, 0) is 0 Å². The van der Waals surface area contributed by atoms with Crippen molar-refractivity contribution >= 4 is 33.6 Å². The summed E-state index contributed by atoms with van der Waals surface area (Å²) < 4.78 is 0.999. The highest BCUT2D eigenvalue weighted by Crippen LogP contribution is 2.29. The molecule has 0 aromatic heterocycles. The van der Waals surface area contributed by atoms with E-state index in [1.54, 1.807) is 0 Å². The Hall–Kier alpha value is -0.480. The van der Waals surface area contributed by atoms with Crippen LogP contribution in [0.15, 0.2) is 28.7 Å². The first-order valence-electron chi connectivity index (χ1n) is 6.37. The molecular formula is C14H18BrNOS. The van der Waals surface area contributed by atoms with Gasteiger partial charge in [-0.25, -0.2) is 0 Å². The smallest absolute Gasteiger partial charge is 0.251 e. The van der Waals surface area contributed by atoms with E-state index < -0.39 is 0 Å². The summed E-state index contributed by atoms with van der Waals surface area (Å²) in [5.74, 6) is 1.22. The zero-order chi connectivity index (χ0) is 13.0. The van der Waals surface area contributed by atoms with E-state index in [2.05, 4.69) is 28.2 Å². The third kappa shape index (κ3) is 3.75. The standard InChI is InChI=1S/C14H18BrNOS/c1-2-18-13-8-7-12(9-13)16-14(17)10-3-5-11(15)6-4-10/h3-6,12-13H,2,7-9H2,1H3,(H,16,17). The van der Waals surface area contributed by atoms with Crippen molar-refractivity contribution in [2.24, 2.45) is 0 Å². The van der Waals surface area contributed by atoms with Crippen molar-refractivity contribution in [3.05, 3.63) is 34.3 Å². The van der Waals surface area contributed by atoms with Crippen molar-refractivity contribution in [3.8, 4) is 0 Å².